The normalized spacial score (nSPS) is 17.1. The van der Waals surface area contributed by atoms with Gasteiger partial charge in [0, 0.05) is 38.6 Å². The predicted octanol–water partition coefficient (Wildman–Crippen LogP) is 3.94. The maximum absolute atomic E-state index is 5.96. The Hall–Kier alpha value is -1.58. The zero-order chi connectivity index (χ0) is 20.5. The molecule has 6 nitrogen and oxygen atoms in total. The highest BCUT2D eigenvalue weighted by atomic mass is 127. The molecule has 30 heavy (non-hydrogen) atoms. The number of furan rings is 1. The van der Waals surface area contributed by atoms with Gasteiger partial charge < -0.3 is 19.8 Å². The first-order chi connectivity index (χ1) is 14.2. The van der Waals surface area contributed by atoms with Gasteiger partial charge in [0.05, 0.1) is 19.3 Å². The quantitative estimate of drug-likeness (QED) is 0.310. The third-order valence-electron chi connectivity index (χ3n) is 5.27. The fourth-order valence-corrected chi connectivity index (χ4v) is 3.58. The van der Waals surface area contributed by atoms with Crippen LogP contribution >= 0.6 is 24.0 Å². The van der Waals surface area contributed by atoms with Gasteiger partial charge in [0.25, 0.3) is 0 Å². The summed E-state index contributed by atoms with van der Waals surface area (Å²) < 4.78 is 11.5. The Balaban J connectivity index is 0.00000320. The van der Waals surface area contributed by atoms with Crippen molar-refractivity contribution in [1.82, 2.24) is 15.5 Å². The molecule has 1 saturated heterocycles. The van der Waals surface area contributed by atoms with Crippen LogP contribution in [0, 0.1) is 6.92 Å². The highest BCUT2D eigenvalue weighted by Crippen LogP contribution is 2.23. The van der Waals surface area contributed by atoms with Crippen LogP contribution in [0.2, 0.25) is 0 Å². The largest absolute Gasteiger partial charge is 0.465 e. The van der Waals surface area contributed by atoms with Gasteiger partial charge in [0.15, 0.2) is 5.96 Å². The first kappa shape index (κ1) is 24.7. The van der Waals surface area contributed by atoms with Crippen LogP contribution in [-0.4, -0.2) is 56.8 Å². The Morgan fingerprint density at radius 2 is 1.83 bits per heavy atom. The summed E-state index contributed by atoms with van der Waals surface area (Å²) in [6, 6.07) is 14.8. The highest BCUT2D eigenvalue weighted by molar-refractivity contribution is 14.0. The van der Waals surface area contributed by atoms with E-state index in [1.54, 1.807) is 0 Å². The van der Waals surface area contributed by atoms with Gasteiger partial charge in [-0.3, -0.25) is 9.89 Å². The second-order valence-electron chi connectivity index (χ2n) is 7.52. The minimum Gasteiger partial charge on any atom is -0.465 e. The Morgan fingerprint density at radius 1 is 1.10 bits per heavy atom. The summed E-state index contributed by atoms with van der Waals surface area (Å²) in [6.45, 7) is 11.9. The molecule has 2 unspecified atom stereocenters. The third kappa shape index (κ3) is 7.28. The summed E-state index contributed by atoms with van der Waals surface area (Å²) in [5.41, 5.74) is 1.31. The number of hydrogen-bond donors (Lipinski definition) is 2. The molecule has 0 aliphatic carbocycles. The number of nitrogens with one attached hydrogen (secondary N) is 2. The maximum atomic E-state index is 5.96. The predicted molar refractivity (Wildman–Crippen MR) is 133 cm³/mol. The molecule has 0 saturated carbocycles. The van der Waals surface area contributed by atoms with Crippen molar-refractivity contribution >= 4 is 29.9 Å². The third-order valence-corrected chi connectivity index (χ3v) is 5.27. The van der Waals surface area contributed by atoms with Crippen LogP contribution in [0.15, 0.2) is 51.9 Å². The lowest BCUT2D eigenvalue weighted by Gasteiger charge is -2.33. The van der Waals surface area contributed by atoms with Crippen molar-refractivity contribution in [2.24, 2.45) is 4.99 Å². The number of nitrogens with zero attached hydrogens (tertiary/aromatic N) is 2. The molecule has 0 amide bonds. The summed E-state index contributed by atoms with van der Waals surface area (Å²) in [4.78, 5) is 7.25. The first-order valence-electron chi connectivity index (χ1n) is 10.6. The summed E-state index contributed by atoms with van der Waals surface area (Å²) in [7, 11) is 0. The van der Waals surface area contributed by atoms with E-state index in [0.29, 0.717) is 5.92 Å². The van der Waals surface area contributed by atoms with Gasteiger partial charge in [-0.1, -0.05) is 37.3 Å². The lowest BCUT2D eigenvalue weighted by molar-refractivity contribution is 0.0124. The average Bonchev–Trinajstić information content (AvgIpc) is 3.19. The monoisotopic (exact) mass is 526 g/mol. The second-order valence-corrected chi connectivity index (χ2v) is 7.52. The van der Waals surface area contributed by atoms with Crippen molar-refractivity contribution in [3.63, 3.8) is 0 Å². The minimum absolute atomic E-state index is 0. The van der Waals surface area contributed by atoms with E-state index in [-0.39, 0.29) is 30.0 Å². The van der Waals surface area contributed by atoms with Crippen LogP contribution in [0.25, 0.3) is 0 Å². The van der Waals surface area contributed by atoms with E-state index in [4.69, 9.17) is 14.1 Å². The number of benzene rings is 1. The van der Waals surface area contributed by atoms with Gasteiger partial charge in [-0.15, -0.1) is 24.0 Å². The van der Waals surface area contributed by atoms with Crippen molar-refractivity contribution < 1.29 is 9.15 Å². The Morgan fingerprint density at radius 3 is 2.47 bits per heavy atom. The van der Waals surface area contributed by atoms with Crippen molar-refractivity contribution in [2.75, 3.05) is 45.9 Å². The van der Waals surface area contributed by atoms with Gasteiger partial charge in [0.2, 0.25) is 0 Å². The van der Waals surface area contributed by atoms with Crippen molar-refractivity contribution in [2.45, 2.75) is 32.7 Å². The van der Waals surface area contributed by atoms with E-state index in [1.807, 2.05) is 19.1 Å². The molecule has 0 bridgehead atoms. The zero-order valence-electron chi connectivity index (χ0n) is 18.3. The van der Waals surface area contributed by atoms with Crippen LogP contribution in [0.1, 0.15) is 42.9 Å². The zero-order valence-corrected chi connectivity index (χ0v) is 20.6. The Bertz CT molecular complexity index is 760. The summed E-state index contributed by atoms with van der Waals surface area (Å²) >= 11 is 0. The second kappa shape index (κ2) is 13.0. The minimum atomic E-state index is 0. The molecule has 2 heterocycles. The van der Waals surface area contributed by atoms with Crippen LogP contribution < -0.4 is 10.6 Å². The molecule has 1 aromatic heterocycles. The van der Waals surface area contributed by atoms with Crippen LogP contribution in [0.4, 0.5) is 0 Å². The van der Waals surface area contributed by atoms with Crippen LogP contribution in [0.5, 0.6) is 0 Å². The molecule has 1 aliphatic rings. The number of aliphatic imine (C=N–C) groups is 1. The lowest BCUT2D eigenvalue weighted by atomic mass is 10.0. The smallest absolute Gasteiger partial charge is 0.191 e. The first-order valence-corrected chi connectivity index (χ1v) is 10.6. The molecule has 3 rings (SSSR count). The highest BCUT2D eigenvalue weighted by Gasteiger charge is 2.25. The Kier molecular flexibility index (Phi) is 10.7. The van der Waals surface area contributed by atoms with E-state index in [2.05, 4.69) is 59.7 Å². The Labute approximate surface area is 197 Å². The summed E-state index contributed by atoms with van der Waals surface area (Å²) in [6.07, 6.45) is 0. The van der Waals surface area contributed by atoms with Crippen molar-refractivity contribution in [3.05, 3.63) is 59.5 Å². The fraction of sp³-hybridized carbons (Fsp3) is 0.522. The van der Waals surface area contributed by atoms with Crippen molar-refractivity contribution in [1.29, 1.82) is 0 Å². The van der Waals surface area contributed by atoms with E-state index in [1.165, 1.54) is 5.56 Å². The van der Waals surface area contributed by atoms with E-state index in [9.17, 15) is 0 Å². The fourth-order valence-electron chi connectivity index (χ4n) is 3.58. The lowest BCUT2D eigenvalue weighted by Crippen LogP contribution is -2.46. The maximum Gasteiger partial charge on any atom is 0.191 e. The van der Waals surface area contributed by atoms with Gasteiger partial charge in [-0.25, -0.2) is 0 Å². The molecular weight excluding hydrogens is 491 g/mol. The molecule has 1 aromatic carbocycles. The van der Waals surface area contributed by atoms with Crippen LogP contribution in [0.3, 0.4) is 0 Å². The summed E-state index contributed by atoms with van der Waals surface area (Å²) in [5.74, 6) is 3.15. The number of aryl methyl sites for hydroxylation is 1. The molecule has 2 aromatic rings. The number of morpholine rings is 1. The molecule has 0 radical (unpaired) electrons. The molecule has 7 heteroatoms. The molecule has 0 spiro atoms. The number of rotatable bonds is 8. The van der Waals surface area contributed by atoms with Gasteiger partial charge >= 0.3 is 0 Å². The number of halogens is 1. The molecule has 1 aliphatic heterocycles. The number of hydrogen-bond acceptors (Lipinski definition) is 4. The van der Waals surface area contributed by atoms with Crippen molar-refractivity contribution in [3.8, 4) is 0 Å². The van der Waals surface area contributed by atoms with E-state index >= 15 is 0 Å². The van der Waals surface area contributed by atoms with Gasteiger partial charge in [0.1, 0.15) is 11.5 Å². The summed E-state index contributed by atoms with van der Waals surface area (Å²) in [5, 5.41) is 6.90. The number of ether oxygens (including phenoxy) is 1. The molecule has 2 atom stereocenters. The average molecular weight is 526 g/mol. The van der Waals surface area contributed by atoms with E-state index in [0.717, 1.165) is 63.4 Å². The molecular formula is C23H35IN4O2. The molecule has 2 N–H and O–H groups in total. The van der Waals surface area contributed by atoms with Crippen LogP contribution in [-0.2, 0) is 4.74 Å². The molecule has 1 fully saturated rings. The molecule has 166 valence electrons. The number of guanidine groups is 1. The SMILES string of the molecule is CCNC(=NCC(C)c1ccccc1)NCC(c1ccc(C)o1)N1CCOCC1.I. The van der Waals surface area contributed by atoms with Gasteiger partial charge in [-0.05, 0) is 31.5 Å². The van der Waals surface area contributed by atoms with Gasteiger partial charge in [-0.2, -0.15) is 0 Å². The van der Waals surface area contributed by atoms with E-state index < -0.39 is 0 Å². The topological polar surface area (TPSA) is 62.0 Å². The standard InChI is InChI=1S/C23H34N4O2.HI/c1-4-24-23(25-16-18(2)20-8-6-5-7-9-20)26-17-21(22-11-10-19(3)29-22)27-12-14-28-15-13-27;/h5-11,18,21H,4,12-17H2,1-3H3,(H2,24,25,26);1H.